The average Bonchev–Trinajstić information content (AvgIpc) is 2.93. The Morgan fingerprint density at radius 3 is 2.41 bits per heavy atom. The maximum absolute atomic E-state index is 12.3. The van der Waals surface area contributed by atoms with Gasteiger partial charge in [-0.15, -0.1) is 0 Å². The first-order chi connectivity index (χ1) is 10.5. The maximum atomic E-state index is 12.3. The molecule has 0 spiro atoms. The number of ether oxygens (including phenoxy) is 2. The summed E-state index contributed by atoms with van der Waals surface area (Å²) in [5.74, 6) is 1.37. The number of urea groups is 1. The van der Waals surface area contributed by atoms with E-state index in [-0.39, 0.29) is 11.9 Å². The van der Waals surface area contributed by atoms with E-state index in [1.807, 2.05) is 34.6 Å². The SMILES string of the molecule is CCOC(CN(CC)C(=O)Nc1cc(C(C)C)on1)OCC. The molecule has 126 valence electrons. The third-order valence-electron chi connectivity index (χ3n) is 3.08. The molecule has 0 aliphatic heterocycles. The first-order valence-corrected chi connectivity index (χ1v) is 7.77. The molecule has 0 aliphatic carbocycles. The molecule has 0 atom stereocenters. The molecule has 2 amide bonds. The van der Waals surface area contributed by atoms with Crippen LogP contribution < -0.4 is 5.32 Å². The summed E-state index contributed by atoms with van der Waals surface area (Å²) in [5.41, 5.74) is 0. The van der Waals surface area contributed by atoms with Crippen molar-refractivity contribution in [3.05, 3.63) is 11.8 Å². The lowest BCUT2D eigenvalue weighted by Gasteiger charge is -2.26. The lowest BCUT2D eigenvalue weighted by molar-refractivity contribution is -0.142. The molecule has 0 aliphatic rings. The molecule has 0 fully saturated rings. The topological polar surface area (TPSA) is 76.8 Å². The molecule has 22 heavy (non-hydrogen) atoms. The van der Waals surface area contributed by atoms with Crippen LogP contribution in [-0.4, -0.2) is 48.7 Å². The molecule has 0 bridgehead atoms. The van der Waals surface area contributed by atoms with E-state index in [9.17, 15) is 4.79 Å². The molecule has 1 aromatic heterocycles. The predicted octanol–water partition coefficient (Wildman–Crippen LogP) is 3.05. The van der Waals surface area contributed by atoms with Gasteiger partial charge < -0.3 is 18.9 Å². The van der Waals surface area contributed by atoms with Gasteiger partial charge in [0.05, 0.1) is 6.54 Å². The lowest BCUT2D eigenvalue weighted by atomic mass is 10.2. The summed E-state index contributed by atoms with van der Waals surface area (Å²) in [5, 5.41) is 6.58. The van der Waals surface area contributed by atoms with E-state index in [1.54, 1.807) is 11.0 Å². The number of hydrogen-bond donors (Lipinski definition) is 1. The number of carbonyl (C=O) groups excluding carboxylic acids is 1. The standard InChI is InChI=1S/C15H27N3O4/c1-6-18(10-14(20-7-2)21-8-3)15(19)16-13-9-12(11(4)5)22-17-13/h9,11,14H,6-8,10H2,1-5H3,(H,16,17,19). The van der Waals surface area contributed by atoms with Crippen molar-refractivity contribution in [2.45, 2.75) is 46.8 Å². The smallest absolute Gasteiger partial charge is 0.323 e. The number of anilines is 1. The summed E-state index contributed by atoms with van der Waals surface area (Å²) < 4.78 is 16.1. The van der Waals surface area contributed by atoms with Crippen LogP contribution in [0.3, 0.4) is 0 Å². The third kappa shape index (κ3) is 5.65. The van der Waals surface area contributed by atoms with Crippen LogP contribution in [0.2, 0.25) is 0 Å². The van der Waals surface area contributed by atoms with Gasteiger partial charge in [-0.1, -0.05) is 19.0 Å². The van der Waals surface area contributed by atoms with Gasteiger partial charge in [-0.2, -0.15) is 0 Å². The van der Waals surface area contributed by atoms with E-state index < -0.39 is 6.29 Å². The lowest BCUT2D eigenvalue weighted by Crippen LogP contribution is -2.42. The molecule has 1 heterocycles. The number of likely N-dealkylation sites (N-methyl/N-ethyl adjacent to an activating group) is 1. The maximum Gasteiger partial charge on any atom is 0.323 e. The third-order valence-corrected chi connectivity index (χ3v) is 3.08. The van der Waals surface area contributed by atoms with Crippen LogP contribution in [0.4, 0.5) is 10.6 Å². The predicted molar refractivity (Wildman–Crippen MR) is 83.9 cm³/mol. The van der Waals surface area contributed by atoms with Gasteiger partial charge in [0.2, 0.25) is 0 Å². The number of nitrogens with zero attached hydrogens (tertiary/aromatic N) is 2. The molecule has 7 heteroatoms. The quantitative estimate of drug-likeness (QED) is 0.709. The van der Waals surface area contributed by atoms with Crippen LogP contribution in [0.15, 0.2) is 10.6 Å². The monoisotopic (exact) mass is 313 g/mol. The Kier molecular flexibility index (Phi) is 7.90. The zero-order valence-electron chi connectivity index (χ0n) is 14.1. The summed E-state index contributed by atoms with van der Waals surface area (Å²) >= 11 is 0. The van der Waals surface area contributed by atoms with Gasteiger partial charge in [0.1, 0.15) is 5.76 Å². The number of nitrogens with one attached hydrogen (secondary N) is 1. The second-order valence-electron chi connectivity index (χ2n) is 5.08. The van der Waals surface area contributed by atoms with Crippen LogP contribution in [0.1, 0.15) is 46.3 Å². The van der Waals surface area contributed by atoms with Gasteiger partial charge in [0.25, 0.3) is 0 Å². The van der Waals surface area contributed by atoms with Crippen molar-refractivity contribution < 1.29 is 18.8 Å². The molecule has 1 aromatic rings. The summed E-state index contributed by atoms with van der Waals surface area (Å²) in [6.45, 7) is 11.7. The van der Waals surface area contributed by atoms with E-state index in [0.717, 1.165) is 5.76 Å². The second kappa shape index (κ2) is 9.42. The van der Waals surface area contributed by atoms with Crippen molar-refractivity contribution >= 4 is 11.8 Å². The molecular formula is C15H27N3O4. The van der Waals surface area contributed by atoms with E-state index in [0.29, 0.717) is 32.1 Å². The highest BCUT2D eigenvalue weighted by Gasteiger charge is 2.19. The highest BCUT2D eigenvalue weighted by molar-refractivity contribution is 5.88. The normalized spacial score (nSPS) is 11.2. The number of hydrogen-bond acceptors (Lipinski definition) is 5. The molecule has 0 saturated heterocycles. The highest BCUT2D eigenvalue weighted by Crippen LogP contribution is 2.18. The van der Waals surface area contributed by atoms with Gasteiger partial charge in [0, 0.05) is 31.7 Å². The fourth-order valence-electron chi connectivity index (χ4n) is 1.87. The Hall–Kier alpha value is -1.60. The van der Waals surface area contributed by atoms with Gasteiger partial charge in [-0.3, -0.25) is 5.32 Å². The summed E-state index contributed by atoms with van der Waals surface area (Å²) in [6.07, 6.45) is -0.427. The Morgan fingerprint density at radius 1 is 1.32 bits per heavy atom. The Balaban J connectivity index is 2.62. The van der Waals surface area contributed by atoms with Crippen molar-refractivity contribution in [2.75, 3.05) is 31.6 Å². The van der Waals surface area contributed by atoms with Crippen LogP contribution in [-0.2, 0) is 9.47 Å². The highest BCUT2D eigenvalue weighted by atomic mass is 16.7. The minimum atomic E-state index is -0.427. The van der Waals surface area contributed by atoms with Crippen molar-refractivity contribution in [1.29, 1.82) is 0 Å². The Bertz CT molecular complexity index is 442. The average molecular weight is 313 g/mol. The van der Waals surface area contributed by atoms with E-state index in [2.05, 4.69) is 10.5 Å². The zero-order valence-corrected chi connectivity index (χ0v) is 14.1. The molecule has 0 saturated carbocycles. The molecule has 7 nitrogen and oxygen atoms in total. The Labute approximate surface area is 131 Å². The summed E-state index contributed by atoms with van der Waals surface area (Å²) in [6, 6.07) is 1.48. The van der Waals surface area contributed by atoms with Gasteiger partial charge in [0.15, 0.2) is 12.1 Å². The van der Waals surface area contributed by atoms with Crippen molar-refractivity contribution in [3.8, 4) is 0 Å². The molecule has 0 aromatic carbocycles. The van der Waals surface area contributed by atoms with Gasteiger partial charge in [-0.25, -0.2) is 4.79 Å². The van der Waals surface area contributed by atoms with E-state index in [4.69, 9.17) is 14.0 Å². The molecule has 1 N–H and O–H groups in total. The van der Waals surface area contributed by atoms with Crippen LogP contribution in [0.25, 0.3) is 0 Å². The fourth-order valence-corrected chi connectivity index (χ4v) is 1.87. The largest absolute Gasteiger partial charge is 0.359 e. The Morgan fingerprint density at radius 2 is 1.95 bits per heavy atom. The zero-order chi connectivity index (χ0) is 16.5. The molecular weight excluding hydrogens is 286 g/mol. The van der Waals surface area contributed by atoms with Crippen LogP contribution >= 0.6 is 0 Å². The first kappa shape index (κ1) is 18.4. The van der Waals surface area contributed by atoms with Gasteiger partial charge in [-0.05, 0) is 20.8 Å². The van der Waals surface area contributed by atoms with Crippen LogP contribution in [0.5, 0.6) is 0 Å². The molecule has 1 rings (SSSR count). The first-order valence-electron chi connectivity index (χ1n) is 7.77. The van der Waals surface area contributed by atoms with Crippen molar-refractivity contribution in [1.82, 2.24) is 10.1 Å². The minimum absolute atomic E-state index is 0.223. The fraction of sp³-hybridized carbons (Fsp3) is 0.733. The number of rotatable bonds is 9. The second-order valence-corrected chi connectivity index (χ2v) is 5.08. The van der Waals surface area contributed by atoms with Crippen molar-refractivity contribution in [2.24, 2.45) is 0 Å². The minimum Gasteiger partial charge on any atom is -0.359 e. The van der Waals surface area contributed by atoms with Crippen molar-refractivity contribution in [3.63, 3.8) is 0 Å². The number of carbonyl (C=O) groups is 1. The van der Waals surface area contributed by atoms with Gasteiger partial charge >= 0.3 is 6.03 Å². The molecule has 0 radical (unpaired) electrons. The van der Waals surface area contributed by atoms with Crippen LogP contribution in [0, 0.1) is 0 Å². The molecule has 0 unspecified atom stereocenters. The van der Waals surface area contributed by atoms with E-state index >= 15 is 0 Å². The summed E-state index contributed by atoms with van der Waals surface area (Å²) in [7, 11) is 0. The number of aromatic nitrogens is 1. The van der Waals surface area contributed by atoms with E-state index in [1.165, 1.54) is 0 Å². The number of amides is 2. The summed E-state index contributed by atoms with van der Waals surface area (Å²) in [4.78, 5) is 13.9.